The van der Waals surface area contributed by atoms with Crippen molar-refractivity contribution < 1.29 is 9.53 Å². The maximum atomic E-state index is 12.2. The van der Waals surface area contributed by atoms with Crippen molar-refractivity contribution in [2.45, 2.75) is 26.2 Å². The summed E-state index contributed by atoms with van der Waals surface area (Å²) >= 11 is 0. The fraction of sp³-hybridized carbons (Fsp3) is 0.611. The molecule has 1 aromatic heterocycles. The van der Waals surface area contributed by atoms with Crippen LogP contribution in [-0.2, 0) is 16.0 Å². The summed E-state index contributed by atoms with van der Waals surface area (Å²) in [4.78, 5) is 22.3. The number of carbonyl (C=O) groups is 1. The first-order chi connectivity index (χ1) is 12.2. The van der Waals surface area contributed by atoms with Gasteiger partial charge in [0.1, 0.15) is 0 Å². The van der Waals surface area contributed by atoms with Crippen molar-refractivity contribution in [1.82, 2.24) is 20.5 Å². The minimum atomic E-state index is 0. The van der Waals surface area contributed by atoms with E-state index >= 15 is 0 Å². The van der Waals surface area contributed by atoms with Crippen LogP contribution in [0.25, 0.3) is 0 Å². The van der Waals surface area contributed by atoms with Crippen LogP contribution in [0.2, 0.25) is 0 Å². The summed E-state index contributed by atoms with van der Waals surface area (Å²) < 4.78 is 5.30. The van der Waals surface area contributed by atoms with Crippen LogP contribution in [0.5, 0.6) is 0 Å². The molecule has 1 rings (SSSR count). The lowest BCUT2D eigenvalue weighted by molar-refractivity contribution is -0.128. The average molecular weight is 477 g/mol. The van der Waals surface area contributed by atoms with Gasteiger partial charge in [-0.15, -0.1) is 24.0 Å². The third-order valence-corrected chi connectivity index (χ3v) is 3.70. The number of nitrogens with one attached hydrogen (secondary N) is 2. The Morgan fingerprint density at radius 1 is 1.31 bits per heavy atom. The van der Waals surface area contributed by atoms with Crippen molar-refractivity contribution in [2.75, 3.05) is 46.9 Å². The second kappa shape index (κ2) is 15.8. The number of guanidine groups is 1. The number of hydrogen-bond acceptors (Lipinski definition) is 4. The van der Waals surface area contributed by atoms with Gasteiger partial charge < -0.3 is 20.3 Å². The molecule has 0 atom stereocenters. The van der Waals surface area contributed by atoms with Crippen LogP contribution in [0.3, 0.4) is 0 Å². The van der Waals surface area contributed by atoms with Crippen LogP contribution in [0.4, 0.5) is 0 Å². The normalized spacial score (nSPS) is 10.8. The molecule has 0 radical (unpaired) electrons. The van der Waals surface area contributed by atoms with Crippen LogP contribution in [0.15, 0.2) is 29.4 Å². The summed E-state index contributed by atoms with van der Waals surface area (Å²) in [6.45, 7) is 5.19. The minimum absolute atomic E-state index is 0. The molecule has 0 saturated carbocycles. The van der Waals surface area contributed by atoms with Gasteiger partial charge in [0, 0.05) is 58.7 Å². The van der Waals surface area contributed by atoms with Gasteiger partial charge in [-0.1, -0.05) is 6.07 Å². The zero-order chi connectivity index (χ0) is 18.3. The van der Waals surface area contributed by atoms with Crippen molar-refractivity contribution in [1.29, 1.82) is 0 Å². The Morgan fingerprint density at radius 3 is 2.77 bits per heavy atom. The Balaban J connectivity index is 0.00000625. The molecule has 148 valence electrons. The number of carbonyl (C=O) groups excluding carboxylic acids is 1. The number of hydrogen-bond donors (Lipinski definition) is 2. The fourth-order valence-corrected chi connectivity index (χ4v) is 2.15. The molecule has 2 N–H and O–H groups in total. The molecule has 0 fully saturated rings. The van der Waals surface area contributed by atoms with E-state index < -0.39 is 0 Å². The van der Waals surface area contributed by atoms with Crippen molar-refractivity contribution >= 4 is 35.8 Å². The molecule has 0 unspecified atom stereocenters. The van der Waals surface area contributed by atoms with E-state index in [1.807, 2.05) is 25.1 Å². The van der Waals surface area contributed by atoms with E-state index in [1.54, 1.807) is 25.2 Å². The van der Waals surface area contributed by atoms with Crippen molar-refractivity contribution in [3.05, 3.63) is 30.1 Å². The molecule has 8 heteroatoms. The largest absolute Gasteiger partial charge is 0.382 e. The Morgan fingerprint density at radius 2 is 2.12 bits per heavy atom. The molecule has 0 aliphatic rings. The molecular formula is C18H32IN5O2. The third-order valence-electron chi connectivity index (χ3n) is 3.70. The zero-order valence-electron chi connectivity index (χ0n) is 16.0. The van der Waals surface area contributed by atoms with Gasteiger partial charge in [0.2, 0.25) is 5.91 Å². The molecule has 1 aromatic rings. The van der Waals surface area contributed by atoms with Crippen molar-refractivity contribution in [2.24, 2.45) is 4.99 Å². The van der Waals surface area contributed by atoms with E-state index in [-0.39, 0.29) is 36.4 Å². The van der Waals surface area contributed by atoms with E-state index in [0.717, 1.165) is 44.7 Å². The molecular weight excluding hydrogens is 445 g/mol. The molecule has 0 aliphatic heterocycles. The molecule has 1 amide bonds. The van der Waals surface area contributed by atoms with Crippen LogP contribution >= 0.6 is 24.0 Å². The molecule has 1 heterocycles. The second-order valence-corrected chi connectivity index (χ2v) is 5.64. The third kappa shape index (κ3) is 11.2. The maximum absolute atomic E-state index is 12.2. The maximum Gasteiger partial charge on any atom is 0.241 e. The predicted molar refractivity (Wildman–Crippen MR) is 116 cm³/mol. The lowest BCUT2D eigenvalue weighted by Crippen LogP contribution is -2.44. The summed E-state index contributed by atoms with van der Waals surface area (Å²) in [5, 5.41) is 6.25. The van der Waals surface area contributed by atoms with Gasteiger partial charge in [0.15, 0.2) is 5.96 Å². The predicted octanol–water partition coefficient (Wildman–Crippen LogP) is 1.68. The van der Waals surface area contributed by atoms with Crippen molar-refractivity contribution in [3.63, 3.8) is 0 Å². The zero-order valence-corrected chi connectivity index (χ0v) is 18.4. The van der Waals surface area contributed by atoms with Crippen LogP contribution in [0.1, 0.15) is 25.5 Å². The minimum Gasteiger partial charge on any atom is -0.382 e. The SMILES string of the molecule is CCOCCCCNC(=NC)NCC(=O)N(C)CCc1ccccn1.I. The van der Waals surface area contributed by atoms with E-state index in [0.29, 0.717) is 12.5 Å². The highest BCUT2D eigenvalue weighted by atomic mass is 127. The average Bonchev–Trinajstić information content (AvgIpc) is 2.65. The Hall–Kier alpha value is -1.42. The topological polar surface area (TPSA) is 78.8 Å². The molecule has 0 aromatic carbocycles. The van der Waals surface area contributed by atoms with Crippen molar-refractivity contribution in [3.8, 4) is 0 Å². The molecule has 7 nitrogen and oxygen atoms in total. The van der Waals surface area contributed by atoms with E-state index in [1.165, 1.54) is 0 Å². The van der Waals surface area contributed by atoms with Gasteiger partial charge in [0.05, 0.1) is 6.54 Å². The number of pyridine rings is 1. The highest BCUT2D eigenvalue weighted by Crippen LogP contribution is 1.96. The number of aliphatic imine (C=N–C) groups is 1. The van der Waals surface area contributed by atoms with Gasteiger partial charge >= 0.3 is 0 Å². The monoisotopic (exact) mass is 477 g/mol. The van der Waals surface area contributed by atoms with Crippen LogP contribution in [0, 0.1) is 0 Å². The summed E-state index contributed by atoms with van der Waals surface area (Å²) in [7, 11) is 3.50. The van der Waals surface area contributed by atoms with Gasteiger partial charge in [-0.3, -0.25) is 14.8 Å². The number of aromatic nitrogens is 1. The number of unbranched alkanes of at least 4 members (excludes halogenated alkanes) is 1. The highest BCUT2D eigenvalue weighted by molar-refractivity contribution is 14.0. The van der Waals surface area contributed by atoms with Gasteiger partial charge in [-0.2, -0.15) is 0 Å². The Kier molecular flexibility index (Phi) is 14.9. The van der Waals surface area contributed by atoms with Gasteiger partial charge in [-0.05, 0) is 31.9 Å². The van der Waals surface area contributed by atoms with Gasteiger partial charge in [-0.25, -0.2) is 0 Å². The lowest BCUT2D eigenvalue weighted by atomic mass is 10.2. The number of rotatable bonds is 11. The Labute approximate surface area is 174 Å². The first-order valence-corrected chi connectivity index (χ1v) is 8.83. The molecule has 0 spiro atoms. The summed E-state index contributed by atoms with van der Waals surface area (Å²) in [6, 6.07) is 5.81. The quantitative estimate of drug-likeness (QED) is 0.220. The number of halogens is 1. The molecule has 0 aliphatic carbocycles. The molecule has 0 saturated heterocycles. The second-order valence-electron chi connectivity index (χ2n) is 5.64. The number of amides is 1. The van der Waals surface area contributed by atoms with Crippen LogP contribution < -0.4 is 10.6 Å². The summed E-state index contributed by atoms with van der Waals surface area (Å²) in [5.74, 6) is 0.665. The lowest BCUT2D eigenvalue weighted by Gasteiger charge is -2.18. The molecule has 26 heavy (non-hydrogen) atoms. The first-order valence-electron chi connectivity index (χ1n) is 8.83. The van der Waals surface area contributed by atoms with E-state index in [2.05, 4.69) is 20.6 Å². The first kappa shape index (κ1) is 24.6. The number of nitrogens with zero attached hydrogens (tertiary/aromatic N) is 3. The highest BCUT2D eigenvalue weighted by Gasteiger charge is 2.09. The van der Waals surface area contributed by atoms with Crippen LogP contribution in [-0.4, -0.2) is 68.7 Å². The van der Waals surface area contributed by atoms with E-state index in [9.17, 15) is 4.79 Å². The number of likely N-dealkylation sites (N-methyl/N-ethyl adjacent to an activating group) is 1. The summed E-state index contributed by atoms with van der Waals surface area (Å²) in [6.07, 6.45) is 4.52. The smallest absolute Gasteiger partial charge is 0.241 e. The summed E-state index contributed by atoms with van der Waals surface area (Å²) in [5.41, 5.74) is 0.986. The fourth-order valence-electron chi connectivity index (χ4n) is 2.15. The standard InChI is InChI=1S/C18H31N5O2.HI/c1-4-25-14-8-7-12-21-18(19-2)22-15-17(24)23(3)13-10-16-9-5-6-11-20-16;/h5-6,9,11H,4,7-8,10,12-15H2,1-3H3,(H2,19,21,22);1H. The Bertz CT molecular complexity index is 514. The van der Waals surface area contributed by atoms with E-state index in [4.69, 9.17) is 4.74 Å². The number of ether oxygens (including phenoxy) is 1. The molecule has 0 bridgehead atoms. The van der Waals surface area contributed by atoms with Gasteiger partial charge in [0.25, 0.3) is 0 Å².